The number of likely N-dealkylation sites (tertiary alicyclic amines) is 1. The second-order valence-electron chi connectivity index (χ2n) is 5.61. The molecule has 4 heteroatoms. The van der Waals surface area contributed by atoms with Crippen molar-refractivity contribution in [2.24, 2.45) is 0 Å². The number of likely N-dealkylation sites (N-methyl/N-ethyl adjacent to an activating group) is 1. The Labute approximate surface area is 113 Å². The van der Waals surface area contributed by atoms with Crippen LogP contribution >= 0.6 is 0 Å². The zero-order valence-corrected chi connectivity index (χ0v) is 12.6. The summed E-state index contributed by atoms with van der Waals surface area (Å²) in [6.45, 7) is 7.58. The SMILES string of the molecule is CCCNCC(COC)N1CCCC1CN(C)C. The molecule has 0 radical (unpaired) electrons. The first-order valence-electron chi connectivity index (χ1n) is 7.29. The average Bonchev–Trinajstić information content (AvgIpc) is 2.75. The lowest BCUT2D eigenvalue weighted by atomic mass is 10.1. The van der Waals surface area contributed by atoms with Gasteiger partial charge in [-0.1, -0.05) is 6.92 Å². The molecule has 108 valence electrons. The van der Waals surface area contributed by atoms with Gasteiger partial charge in [0.2, 0.25) is 0 Å². The van der Waals surface area contributed by atoms with Crippen molar-refractivity contribution in [2.75, 3.05) is 54.0 Å². The van der Waals surface area contributed by atoms with Gasteiger partial charge in [-0.15, -0.1) is 0 Å². The van der Waals surface area contributed by atoms with E-state index in [0.717, 1.165) is 26.2 Å². The molecule has 1 heterocycles. The van der Waals surface area contributed by atoms with E-state index >= 15 is 0 Å². The molecular weight excluding hydrogens is 226 g/mol. The summed E-state index contributed by atoms with van der Waals surface area (Å²) < 4.78 is 5.41. The lowest BCUT2D eigenvalue weighted by Gasteiger charge is -2.34. The molecule has 18 heavy (non-hydrogen) atoms. The number of rotatable bonds is 9. The van der Waals surface area contributed by atoms with Crippen molar-refractivity contribution in [2.45, 2.75) is 38.3 Å². The van der Waals surface area contributed by atoms with Crippen LogP contribution in [-0.4, -0.2) is 75.9 Å². The summed E-state index contributed by atoms with van der Waals surface area (Å²) in [4.78, 5) is 4.94. The van der Waals surface area contributed by atoms with Crippen LogP contribution < -0.4 is 5.32 Å². The molecule has 1 aliphatic rings. The molecule has 1 aliphatic heterocycles. The minimum atomic E-state index is 0.522. The summed E-state index contributed by atoms with van der Waals surface area (Å²) in [7, 11) is 6.14. The molecule has 2 atom stereocenters. The highest BCUT2D eigenvalue weighted by atomic mass is 16.5. The van der Waals surface area contributed by atoms with Crippen molar-refractivity contribution in [3.8, 4) is 0 Å². The van der Waals surface area contributed by atoms with E-state index in [1.54, 1.807) is 0 Å². The summed E-state index contributed by atoms with van der Waals surface area (Å²) in [5, 5.41) is 3.54. The largest absolute Gasteiger partial charge is 0.383 e. The van der Waals surface area contributed by atoms with Gasteiger partial charge in [-0.3, -0.25) is 4.90 Å². The second-order valence-corrected chi connectivity index (χ2v) is 5.61. The Morgan fingerprint density at radius 1 is 1.44 bits per heavy atom. The van der Waals surface area contributed by atoms with Crippen molar-refractivity contribution in [1.29, 1.82) is 0 Å². The van der Waals surface area contributed by atoms with Gasteiger partial charge >= 0.3 is 0 Å². The maximum absolute atomic E-state index is 5.41. The van der Waals surface area contributed by atoms with Gasteiger partial charge in [-0.2, -0.15) is 0 Å². The van der Waals surface area contributed by atoms with Crippen LogP contribution in [0.4, 0.5) is 0 Å². The Bertz CT molecular complexity index is 211. The van der Waals surface area contributed by atoms with Gasteiger partial charge in [0.1, 0.15) is 0 Å². The van der Waals surface area contributed by atoms with E-state index < -0.39 is 0 Å². The fourth-order valence-corrected chi connectivity index (χ4v) is 2.87. The lowest BCUT2D eigenvalue weighted by Crippen LogP contribution is -2.50. The molecule has 1 rings (SSSR count). The van der Waals surface area contributed by atoms with Gasteiger partial charge in [0.25, 0.3) is 0 Å². The minimum absolute atomic E-state index is 0.522. The summed E-state index contributed by atoms with van der Waals surface area (Å²) in [5.41, 5.74) is 0. The van der Waals surface area contributed by atoms with Crippen molar-refractivity contribution >= 4 is 0 Å². The van der Waals surface area contributed by atoms with Crippen LogP contribution in [0, 0.1) is 0 Å². The van der Waals surface area contributed by atoms with Crippen LogP contribution in [0.25, 0.3) is 0 Å². The first-order valence-corrected chi connectivity index (χ1v) is 7.29. The molecular formula is C14H31N3O. The van der Waals surface area contributed by atoms with Gasteiger partial charge in [0.05, 0.1) is 6.61 Å². The predicted molar refractivity (Wildman–Crippen MR) is 77.1 cm³/mol. The van der Waals surface area contributed by atoms with E-state index in [1.807, 2.05) is 7.11 Å². The molecule has 1 fully saturated rings. The van der Waals surface area contributed by atoms with Crippen molar-refractivity contribution < 1.29 is 4.74 Å². The highest BCUT2D eigenvalue weighted by molar-refractivity contribution is 4.87. The van der Waals surface area contributed by atoms with Gasteiger partial charge < -0.3 is 15.0 Å². The fraction of sp³-hybridized carbons (Fsp3) is 1.00. The molecule has 2 unspecified atom stereocenters. The lowest BCUT2D eigenvalue weighted by molar-refractivity contribution is 0.0734. The van der Waals surface area contributed by atoms with Crippen molar-refractivity contribution in [1.82, 2.24) is 15.1 Å². The normalized spacial score (nSPS) is 22.8. The maximum atomic E-state index is 5.41. The zero-order chi connectivity index (χ0) is 13.4. The predicted octanol–water partition coefficient (Wildman–Crippen LogP) is 1.03. The third-order valence-electron chi connectivity index (χ3n) is 3.63. The molecule has 0 aromatic rings. The molecule has 0 aromatic heterocycles. The van der Waals surface area contributed by atoms with E-state index in [1.165, 1.54) is 25.8 Å². The number of methoxy groups -OCH3 is 1. The van der Waals surface area contributed by atoms with Crippen LogP contribution in [0.2, 0.25) is 0 Å². The standard InChI is InChI=1S/C14H31N3O/c1-5-8-15-10-14(12-18-4)17-9-6-7-13(17)11-16(2)3/h13-15H,5-12H2,1-4H3. The van der Waals surface area contributed by atoms with Crippen LogP contribution in [0.1, 0.15) is 26.2 Å². The Balaban J connectivity index is 2.48. The molecule has 0 aromatic carbocycles. The Morgan fingerprint density at radius 3 is 2.83 bits per heavy atom. The quantitative estimate of drug-likeness (QED) is 0.624. The highest BCUT2D eigenvalue weighted by Gasteiger charge is 2.30. The molecule has 0 bridgehead atoms. The van der Waals surface area contributed by atoms with E-state index in [9.17, 15) is 0 Å². The number of nitrogens with one attached hydrogen (secondary N) is 1. The Kier molecular flexibility index (Phi) is 7.82. The molecule has 1 saturated heterocycles. The molecule has 0 aliphatic carbocycles. The van der Waals surface area contributed by atoms with Gasteiger partial charge in [0, 0.05) is 32.3 Å². The van der Waals surface area contributed by atoms with E-state index in [-0.39, 0.29) is 0 Å². The smallest absolute Gasteiger partial charge is 0.0630 e. The van der Waals surface area contributed by atoms with Gasteiger partial charge in [0.15, 0.2) is 0 Å². The molecule has 0 saturated carbocycles. The first kappa shape index (κ1) is 15.9. The highest BCUT2D eigenvalue weighted by Crippen LogP contribution is 2.20. The second kappa shape index (κ2) is 8.86. The Hall–Kier alpha value is -0.160. The van der Waals surface area contributed by atoms with Crippen molar-refractivity contribution in [3.05, 3.63) is 0 Å². The zero-order valence-electron chi connectivity index (χ0n) is 12.6. The van der Waals surface area contributed by atoms with E-state index in [2.05, 4.69) is 36.1 Å². The monoisotopic (exact) mass is 257 g/mol. The molecule has 4 nitrogen and oxygen atoms in total. The van der Waals surface area contributed by atoms with Crippen LogP contribution in [0.5, 0.6) is 0 Å². The topological polar surface area (TPSA) is 27.7 Å². The summed E-state index contributed by atoms with van der Waals surface area (Å²) in [6.07, 6.45) is 3.85. The number of hydrogen-bond acceptors (Lipinski definition) is 4. The van der Waals surface area contributed by atoms with Gasteiger partial charge in [-0.25, -0.2) is 0 Å². The third kappa shape index (κ3) is 5.22. The number of ether oxygens (including phenoxy) is 1. The van der Waals surface area contributed by atoms with Crippen LogP contribution in [0.3, 0.4) is 0 Å². The van der Waals surface area contributed by atoms with E-state index in [0.29, 0.717) is 12.1 Å². The van der Waals surface area contributed by atoms with E-state index in [4.69, 9.17) is 4.74 Å². The molecule has 0 amide bonds. The van der Waals surface area contributed by atoms with Crippen LogP contribution in [-0.2, 0) is 4.74 Å². The van der Waals surface area contributed by atoms with Crippen LogP contribution in [0.15, 0.2) is 0 Å². The Morgan fingerprint density at radius 2 is 2.22 bits per heavy atom. The summed E-state index contributed by atoms with van der Waals surface area (Å²) >= 11 is 0. The van der Waals surface area contributed by atoms with Gasteiger partial charge in [-0.05, 0) is 46.4 Å². The summed E-state index contributed by atoms with van der Waals surface area (Å²) in [5.74, 6) is 0. The average molecular weight is 257 g/mol. The third-order valence-corrected chi connectivity index (χ3v) is 3.63. The molecule has 1 N–H and O–H groups in total. The molecule has 0 spiro atoms. The maximum Gasteiger partial charge on any atom is 0.0630 e. The fourth-order valence-electron chi connectivity index (χ4n) is 2.87. The number of nitrogens with zero attached hydrogens (tertiary/aromatic N) is 2. The summed E-state index contributed by atoms with van der Waals surface area (Å²) in [6, 6.07) is 1.22. The number of hydrogen-bond donors (Lipinski definition) is 1. The van der Waals surface area contributed by atoms with Crippen molar-refractivity contribution in [3.63, 3.8) is 0 Å². The first-order chi connectivity index (χ1) is 8.69. The minimum Gasteiger partial charge on any atom is -0.383 e.